The molecule has 1 rings (SSSR count). The molecule has 0 saturated heterocycles. The molecule has 0 saturated carbocycles. The fourth-order valence-corrected chi connectivity index (χ4v) is 1.86. The summed E-state index contributed by atoms with van der Waals surface area (Å²) < 4.78 is 14.9. The summed E-state index contributed by atoms with van der Waals surface area (Å²) >= 11 is 0.635. The molecule has 0 unspecified atom stereocenters. The molecule has 6 nitrogen and oxygen atoms in total. The first-order valence-corrected chi connectivity index (χ1v) is 5.70. The van der Waals surface area contributed by atoms with Gasteiger partial charge in [0.15, 0.2) is 0 Å². The standard InChI is InChI=1S/C6H7O6PS/c7-11-12-14-6-3-1-2-5(4-6)13(8,9)10/h1-4,7H,(H2,8,9,10). The predicted octanol–water partition coefficient (Wildman–Crippen LogP) is 0.918. The molecule has 0 aliphatic heterocycles. The van der Waals surface area contributed by atoms with Gasteiger partial charge in [0, 0.05) is 4.90 Å². The van der Waals surface area contributed by atoms with E-state index < -0.39 is 7.60 Å². The zero-order valence-electron chi connectivity index (χ0n) is 6.73. The molecule has 0 aromatic heterocycles. The van der Waals surface area contributed by atoms with Crippen LogP contribution in [0.25, 0.3) is 0 Å². The lowest BCUT2D eigenvalue weighted by atomic mass is 10.4. The third-order valence-corrected chi connectivity index (χ3v) is 2.84. The summed E-state index contributed by atoms with van der Waals surface area (Å²) in [5.74, 6) is 0. The van der Waals surface area contributed by atoms with E-state index >= 15 is 0 Å². The van der Waals surface area contributed by atoms with E-state index in [1.807, 2.05) is 0 Å². The van der Waals surface area contributed by atoms with Crippen molar-refractivity contribution in [3.05, 3.63) is 24.3 Å². The molecule has 0 fully saturated rings. The van der Waals surface area contributed by atoms with Crippen LogP contribution in [0.1, 0.15) is 0 Å². The highest BCUT2D eigenvalue weighted by Crippen LogP contribution is 2.34. The summed E-state index contributed by atoms with van der Waals surface area (Å²) in [6.07, 6.45) is 0. The maximum absolute atomic E-state index is 10.8. The van der Waals surface area contributed by atoms with Crippen molar-refractivity contribution >= 4 is 24.9 Å². The van der Waals surface area contributed by atoms with Gasteiger partial charge in [0.2, 0.25) is 0 Å². The van der Waals surface area contributed by atoms with Crippen molar-refractivity contribution in [1.29, 1.82) is 0 Å². The van der Waals surface area contributed by atoms with Crippen molar-refractivity contribution in [1.82, 2.24) is 0 Å². The van der Waals surface area contributed by atoms with Gasteiger partial charge in [0.05, 0.1) is 17.3 Å². The third kappa shape index (κ3) is 3.39. The van der Waals surface area contributed by atoms with Crippen LogP contribution in [0.4, 0.5) is 0 Å². The third-order valence-electron chi connectivity index (χ3n) is 1.31. The first-order valence-electron chi connectivity index (χ1n) is 3.35. The minimum atomic E-state index is -4.25. The highest BCUT2D eigenvalue weighted by atomic mass is 32.2. The lowest BCUT2D eigenvalue weighted by Gasteiger charge is -2.04. The number of hydrogen-bond donors (Lipinski definition) is 3. The van der Waals surface area contributed by atoms with Crippen LogP contribution in [0.5, 0.6) is 0 Å². The molecule has 1 aromatic carbocycles. The van der Waals surface area contributed by atoms with E-state index in [1.165, 1.54) is 18.2 Å². The van der Waals surface area contributed by atoms with Crippen LogP contribution in [0.2, 0.25) is 0 Å². The van der Waals surface area contributed by atoms with Gasteiger partial charge in [-0.1, -0.05) is 11.1 Å². The molecule has 0 amide bonds. The van der Waals surface area contributed by atoms with Crippen LogP contribution in [0, 0.1) is 0 Å². The van der Waals surface area contributed by atoms with Gasteiger partial charge in [-0.25, -0.2) is 5.26 Å². The Bertz CT molecular complexity index is 350. The molecule has 3 N–H and O–H groups in total. The van der Waals surface area contributed by atoms with Gasteiger partial charge < -0.3 is 9.79 Å². The van der Waals surface area contributed by atoms with Crippen LogP contribution in [0.15, 0.2) is 29.2 Å². The van der Waals surface area contributed by atoms with Gasteiger partial charge in [-0.05, 0) is 18.2 Å². The Morgan fingerprint density at radius 1 is 1.36 bits per heavy atom. The van der Waals surface area contributed by atoms with Gasteiger partial charge in [0.25, 0.3) is 0 Å². The van der Waals surface area contributed by atoms with E-state index in [0.717, 1.165) is 0 Å². The van der Waals surface area contributed by atoms with Gasteiger partial charge >= 0.3 is 7.60 Å². The molecule has 8 heteroatoms. The van der Waals surface area contributed by atoms with E-state index in [9.17, 15) is 4.57 Å². The van der Waals surface area contributed by atoms with Crippen LogP contribution in [0.3, 0.4) is 0 Å². The molecule has 78 valence electrons. The minimum Gasteiger partial charge on any atom is -0.321 e. The number of benzene rings is 1. The highest BCUT2D eigenvalue weighted by Gasteiger charge is 2.17. The summed E-state index contributed by atoms with van der Waals surface area (Å²) in [5, 5.41) is 11.1. The summed E-state index contributed by atoms with van der Waals surface area (Å²) in [5.41, 5.74) is 0. The molecule has 0 heterocycles. The van der Waals surface area contributed by atoms with E-state index in [-0.39, 0.29) is 5.30 Å². The number of hydrogen-bond acceptors (Lipinski definition) is 5. The Kier molecular flexibility index (Phi) is 4.09. The molecule has 0 bridgehead atoms. The molecule has 1 aromatic rings. The van der Waals surface area contributed by atoms with Crippen LogP contribution < -0.4 is 5.30 Å². The smallest absolute Gasteiger partial charge is 0.321 e. The fourth-order valence-electron chi connectivity index (χ4n) is 0.771. The van der Waals surface area contributed by atoms with Crippen molar-refractivity contribution < 1.29 is 29.0 Å². The normalized spacial score (nSPS) is 11.6. The number of rotatable bonds is 4. The summed E-state index contributed by atoms with van der Waals surface area (Å²) in [7, 11) is -4.25. The second-order valence-corrected chi connectivity index (χ2v) is 4.65. The predicted molar refractivity (Wildman–Crippen MR) is 48.8 cm³/mol. The van der Waals surface area contributed by atoms with E-state index in [2.05, 4.69) is 9.37 Å². The molecular formula is C6H7O6PS. The van der Waals surface area contributed by atoms with E-state index in [0.29, 0.717) is 16.9 Å². The first kappa shape index (κ1) is 11.7. The summed E-state index contributed by atoms with van der Waals surface area (Å²) in [4.78, 5) is 18.0. The van der Waals surface area contributed by atoms with Crippen molar-refractivity contribution in [3.63, 3.8) is 0 Å². The first-order chi connectivity index (χ1) is 6.54. The van der Waals surface area contributed by atoms with Crippen LogP contribution in [-0.2, 0) is 13.9 Å². The fraction of sp³-hybridized carbons (Fsp3) is 0. The average Bonchev–Trinajstić information content (AvgIpc) is 2.14. The quantitative estimate of drug-likeness (QED) is 0.310. The van der Waals surface area contributed by atoms with Crippen LogP contribution in [-0.4, -0.2) is 15.0 Å². The SMILES string of the molecule is O=P(O)(O)c1cccc(SOOO)c1. The van der Waals surface area contributed by atoms with E-state index in [1.54, 1.807) is 6.07 Å². The van der Waals surface area contributed by atoms with Gasteiger partial charge in [-0.15, -0.1) is 4.33 Å². The Balaban J connectivity index is 2.85. The van der Waals surface area contributed by atoms with Crippen LogP contribution >= 0.6 is 19.6 Å². The molecule has 0 aliphatic carbocycles. The minimum absolute atomic E-state index is 0.121. The molecule has 0 atom stereocenters. The Labute approximate surface area is 83.7 Å². The van der Waals surface area contributed by atoms with Gasteiger partial charge in [0.1, 0.15) is 0 Å². The lowest BCUT2D eigenvalue weighted by molar-refractivity contribution is -0.432. The second-order valence-electron chi connectivity index (χ2n) is 2.27. The molecule has 14 heavy (non-hydrogen) atoms. The zero-order valence-corrected chi connectivity index (χ0v) is 8.44. The second kappa shape index (κ2) is 4.90. The summed E-state index contributed by atoms with van der Waals surface area (Å²) in [6, 6.07) is 5.54. The van der Waals surface area contributed by atoms with Gasteiger partial charge in [-0.2, -0.15) is 0 Å². The molecule has 0 aliphatic rings. The Morgan fingerprint density at radius 3 is 2.64 bits per heavy atom. The van der Waals surface area contributed by atoms with E-state index in [4.69, 9.17) is 15.0 Å². The Hall–Kier alpha value is -0.400. The molecule has 0 radical (unpaired) electrons. The van der Waals surface area contributed by atoms with Crippen molar-refractivity contribution in [2.24, 2.45) is 0 Å². The summed E-state index contributed by atoms with van der Waals surface area (Å²) in [6.45, 7) is 0. The molecule has 0 spiro atoms. The maximum atomic E-state index is 10.8. The average molecular weight is 238 g/mol. The topological polar surface area (TPSA) is 96.2 Å². The largest absolute Gasteiger partial charge is 0.356 e. The molecular weight excluding hydrogens is 231 g/mol. The highest BCUT2D eigenvalue weighted by molar-refractivity contribution is 7.94. The zero-order chi connectivity index (χ0) is 10.6. The Morgan fingerprint density at radius 2 is 2.07 bits per heavy atom. The lowest BCUT2D eigenvalue weighted by Crippen LogP contribution is -2.02. The van der Waals surface area contributed by atoms with Crippen molar-refractivity contribution in [2.45, 2.75) is 4.90 Å². The van der Waals surface area contributed by atoms with Crippen molar-refractivity contribution in [3.8, 4) is 0 Å². The maximum Gasteiger partial charge on any atom is 0.356 e. The monoisotopic (exact) mass is 238 g/mol. The van der Waals surface area contributed by atoms with Gasteiger partial charge in [-0.3, -0.25) is 4.57 Å². The van der Waals surface area contributed by atoms with Crippen molar-refractivity contribution in [2.75, 3.05) is 0 Å².